The minimum atomic E-state index is -1.08. The second-order valence-corrected chi connectivity index (χ2v) is 4.79. The van der Waals surface area contributed by atoms with Crippen molar-refractivity contribution in [1.29, 1.82) is 0 Å². The SMILES string of the molecule is Cc1nnc(-c2cccc(NC(=O)c3ccc(F)c(F)c3)c2)o1. The maximum atomic E-state index is 13.2. The molecule has 0 saturated carbocycles. The van der Waals surface area contributed by atoms with E-state index >= 15 is 0 Å². The van der Waals surface area contributed by atoms with Gasteiger partial charge >= 0.3 is 0 Å². The number of aromatic nitrogens is 2. The Morgan fingerprint density at radius 3 is 2.61 bits per heavy atom. The van der Waals surface area contributed by atoms with Crippen molar-refractivity contribution in [2.24, 2.45) is 0 Å². The van der Waals surface area contributed by atoms with Gasteiger partial charge in [0.05, 0.1) is 0 Å². The van der Waals surface area contributed by atoms with Crippen LogP contribution in [0.25, 0.3) is 11.5 Å². The van der Waals surface area contributed by atoms with Gasteiger partial charge < -0.3 is 9.73 Å². The quantitative estimate of drug-likeness (QED) is 0.802. The molecular formula is C16H11F2N3O2. The second kappa shape index (κ2) is 5.96. The molecule has 1 aromatic heterocycles. The number of carbonyl (C=O) groups is 1. The lowest BCUT2D eigenvalue weighted by molar-refractivity contribution is 0.102. The van der Waals surface area contributed by atoms with Gasteiger partial charge in [-0.2, -0.15) is 0 Å². The van der Waals surface area contributed by atoms with Crippen LogP contribution in [0.5, 0.6) is 0 Å². The van der Waals surface area contributed by atoms with Gasteiger partial charge in [-0.1, -0.05) is 6.07 Å². The zero-order chi connectivity index (χ0) is 16.4. The average Bonchev–Trinajstić information content (AvgIpc) is 2.97. The topological polar surface area (TPSA) is 68.0 Å². The summed E-state index contributed by atoms with van der Waals surface area (Å²) in [6, 6.07) is 9.71. The minimum absolute atomic E-state index is 0.0166. The molecule has 0 bridgehead atoms. The van der Waals surface area contributed by atoms with Crippen molar-refractivity contribution >= 4 is 11.6 Å². The summed E-state index contributed by atoms with van der Waals surface area (Å²) in [5.74, 6) is -1.88. The average molecular weight is 315 g/mol. The molecule has 0 atom stereocenters. The summed E-state index contributed by atoms with van der Waals surface area (Å²) in [5.41, 5.74) is 1.12. The predicted molar refractivity (Wildman–Crippen MR) is 78.8 cm³/mol. The van der Waals surface area contributed by atoms with E-state index < -0.39 is 17.5 Å². The van der Waals surface area contributed by atoms with Crippen LogP contribution in [0.3, 0.4) is 0 Å². The zero-order valence-electron chi connectivity index (χ0n) is 12.0. The van der Waals surface area contributed by atoms with Crippen LogP contribution in [0.15, 0.2) is 46.9 Å². The van der Waals surface area contributed by atoms with Gasteiger partial charge in [0.1, 0.15) is 0 Å². The van der Waals surface area contributed by atoms with E-state index in [1.165, 1.54) is 6.07 Å². The fourth-order valence-corrected chi connectivity index (χ4v) is 1.98. The standard InChI is InChI=1S/C16H11F2N3O2/c1-9-20-21-16(23-9)11-3-2-4-12(7-11)19-15(22)10-5-6-13(17)14(18)8-10/h2-8H,1H3,(H,19,22). The zero-order valence-corrected chi connectivity index (χ0v) is 12.0. The molecule has 0 aliphatic rings. The molecule has 3 rings (SSSR count). The van der Waals surface area contributed by atoms with Gasteiger partial charge in [-0.3, -0.25) is 4.79 Å². The van der Waals surface area contributed by atoms with Crippen LogP contribution in [0.1, 0.15) is 16.2 Å². The lowest BCUT2D eigenvalue weighted by atomic mass is 10.1. The number of nitrogens with zero attached hydrogens (tertiary/aromatic N) is 2. The molecule has 0 unspecified atom stereocenters. The summed E-state index contributed by atoms with van der Waals surface area (Å²) in [4.78, 5) is 12.1. The number of anilines is 1. The van der Waals surface area contributed by atoms with Crippen LogP contribution in [0.4, 0.5) is 14.5 Å². The molecule has 0 fully saturated rings. The molecule has 23 heavy (non-hydrogen) atoms. The maximum absolute atomic E-state index is 13.2. The number of hydrogen-bond acceptors (Lipinski definition) is 4. The molecule has 0 spiro atoms. The third kappa shape index (κ3) is 3.23. The van der Waals surface area contributed by atoms with Crippen LogP contribution < -0.4 is 5.32 Å². The molecule has 0 aliphatic heterocycles. The molecule has 0 aliphatic carbocycles. The van der Waals surface area contributed by atoms with E-state index in [2.05, 4.69) is 15.5 Å². The number of rotatable bonds is 3. The smallest absolute Gasteiger partial charge is 0.255 e. The first-order chi connectivity index (χ1) is 11.0. The molecule has 1 amide bonds. The number of aryl methyl sites for hydroxylation is 1. The Labute approximate surface area is 130 Å². The highest BCUT2D eigenvalue weighted by atomic mass is 19.2. The van der Waals surface area contributed by atoms with E-state index in [9.17, 15) is 13.6 Å². The molecular weight excluding hydrogens is 304 g/mol. The first kappa shape index (κ1) is 14.8. The molecule has 3 aromatic rings. The van der Waals surface area contributed by atoms with Crippen LogP contribution >= 0.6 is 0 Å². The minimum Gasteiger partial charge on any atom is -0.421 e. The van der Waals surface area contributed by atoms with Crippen molar-refractivity contribution in [2.45, 2.75) is 6.92 Å². The van der Waals surface area contributed by atoms with Crippen LogP contribution in [0, 0.1) is 18.6 Å². The summed E-state index contributed by atoms with van der Waals surface area (Å²) in [6.45, 7) is 1.67. The number of halogens is 2. The molecule has 7 heteroatoms. The van der Waals surface area contributed by atoms with Crippen LogP contribution in [-0.2, 0) is 0 Å². The summed E-state index contributed by atoms with van der Waals surface area (Å²) < 4.78 is 31.4. The van der Waals surface area contributed by atoms with Gasteiger partial charge in [0.2, 0.25) is 11.8 Å². The lowest BCUT2D eigenvalue weighted by Crippen LogP contribution is -2.12. The van der Waals surface area contributed by atoms with Crippen LogP contribution in [-0.4, -0.2) is 16.1 Å². The first-order valence-corrected chi connectivity index (χ1v) is 6.70. The van der Waals surface area contributed by atoms with Gasteiger partial charge in [-0.15, -0.1) is 10.2 Å². The highest BCUT2D eigenvalue weighted by Gasteiger charge is 2.11. The Bertz CT molecular complexity index is 877. The Morgan fingerprint density at radius 2 is 1.91 bits per heavy atom. The molecule has 5 nitrogen and oxygen atoms in total. The monoisotopic (exact) mass is 315 g/mol. The Kier molecular flexibility index (Phi) is 3.84. The van der Waals surface area contributed by atoms with Gasteiger partial charge in [0.15, 0.2) is 11.6 Å². The largest absolute Gasteiger partial charge is 0.421 e. The lowest BCUT2D eigenvalue weighted by Gasteiger charge is -2.06. The van der Waals surface area contributed by atoms with E-state index in [1.807, 2.05) is 0 Å². The van der Waals surface area contributed by atoms with Gasteiger partial charge in [0, 0.05) is 23.7 Å². The predicted octanol–water partition coefficient (Wildman–Crippen LogP) is 3.58. The Morgan fingerprint density at radius 1 is 1.09 bits per heavy atom. The molecule has 1 N–H and O–H groups in total. The Hall–Kier alpha value is -3.09. The highest BCUT2D eigenvalue weighted by molar-refractivity contribution is 6.04. The van der Waals surface area contributed by atoms with E-state index in [4.69, 9.17) is 4.42 Å². The van der Waals surface area contributed by atoms with Crippen molar-refractivity contribution in [3.8, 4) is 11.5 Å². The maximum Gasteiger partial charge on any atom is 0.255 e. The van der Waals surface area contributed by atoms with Crippen molar-refractivity contribution in [1.82, 2.24) is 10.2 Å². The molecule has 2 aromatic carbocycles. The molecule has 0 saturated heterocycles. The number of benzene rings is 2. The van der Waals surface area contributed by atoms with Crippen molar-refractivity contribution in [3.05, 3.63) is 65.6 Å². The second-order valence-electron chi connectivity index (χ2n) is 4.79. The summed E-state index contributed by atoms with van der Waals surface area (Å²) in [7, 11) is 0. The molecule has 1 heterocycles. The van der Waals surface area contributed by atoms with E-state index in [0.29, 0.717) is 23.0 Å². The fraction of sp³-hybridized carbons (Fsp3) is 0.0625. The number of amides is 1. The Balaban J connectivity index is 1.82. The van der Waals surface area contributed by atoms with Crippen molar-refractivity contribution in [3.63, 3.8) is 0 Å². The first-order valence-electron chi connectivity index (χ1n) is 6.70. The van der Waals surface area contributed by atoms with Crippen LogP contribution in [0.2, 0.25) is 0 Å². The number of nitrogens with one attached hydrogen (secondary N) is 1. The van der Waals surface area contributed by atoms with E-state index in [-0.39, 0.29) is 5.56 Å². The van der Waals surface area contributed by atoms with Crippen molar-refractivity contribution < 1.29 is 18.0 Å². The fourth-order valence-electron chi connectivity index (χ4n) is 1.98. The normalized spacial score (nSPS) is 10.6. The summed E-state index contributed by atoms with van der Waals surface area (Å²) in [5, 5.41) is 10.2. The third-order valence-corrected chi connectivity index (χ3v) is 3.08. The third-order valence-electron chi connectivity index (χ3n) is 3.08. The van der Waals surface area contributed by atoms with Gasteiger partial charge in [0.25, 0.3) is 5.91 Å². The van der Waals surface area contributed by atoms with Gasteiger partial charge in [-0.05, 0) is 36.4 Å². The highest BCUT2D eigenvalue weighted by Crippen LogP contribution is 2.22. The van der Waals surface area contributed by atoms with E-state index in [0.717, 1.165) is 12.1 Å². The van der Waals surface area contributed by atoms with E-state index in [1.54, 1.807) is 31.2 Å². The number of carbonyl (C=O) groups excluding carboxylic acids is 1. The summed E-state index contributed by atoms with van der Waals surface area (Å²) >= 11 is 0. The van der Waals surface area contributed by atoms with Gasteiger partial charge in [-0.25, -0.2) is 8.78 Å². The molecule has 0 radical (unpaired) electrons. The number of hydrogen-bond donors (Lipinski definition) is 1. The van der Waals surface area contributed by atoms with Crippen molar-refractivity contribution in [2.75, 3.05) is 5.32 Å². The summed E-state index contributed by atoms with van der Waals surface area (Å²) in [6.07, 6.45) is 0. The molecule has 116 valence electrons.